The minimum Gasteiger partial charge on any atom is -0.266 e. The van der Waals surface area contributed by atoms with E-state index < -0.39 is 31.4 Å². The van der Waals surface area contributed by atoms with Crippen molar-refractivity contribution in [2.24, 2.45) is 0 Å². The molecule has 1 heterocycles. The Labute approximate surface area is 108 Å². The molecule has 0 aliphatic carbocycles. The van der Waals surface area contributed by atoms with Crippen molar-refractivity contribution in [2.75, 3.05) is 22.5 Å². The number of hydrogen-bond donors (Lipinski definition) is 1. The molecule has 1 aromatic rings. The van der Waals surface area contributed by atoms with E-state index >= 15 is 0 Å². The summed E-state index contributed by atoms with van der Waals surface area (Å²) in [6, 6.07) is 0. The summed E-state index contributed by atoms with van der Waals surface area (Å²) in [5.74, 6) is -0.905. The molecule has 0 bridgehead atoms. The largest absolute Gasteiger partial charge is 0.266 e. The van der Waals surface area contributed by atoms with Crippen molar-refractivity contribution >= 4 is 41.6 Å². The quantitative estimate of drug-likeness (QED) is 0.807. The first kappa shape index (κ1) is 14.3. The Morgan fingerprint density at radius 3 is 2.29 bits per heavy atom. The first-order valence-electron chi connectivity index (χ1n) is 4.34. The number of nitrogens with zero attached hydrogens (tertiary/aromatic N) is 2. The van der Waals surface area contributed by atoms with Crippen LogP contribution in [-0.2, 0) is 19.9 Å². The zero-order valence-corrected chi connectivity index (χ0v) is 12.0. The van der Waals surface area contributed by atoms with Gasteiger partial charge in [-0.25, -0.2) is 26.8 Å². The standard InChI is InChI=1S/C7H10BrN3O4S2/c1-16(12,13)2-3-17(14,15)11-7-5-9-6(8)4-10-7/h4-5H,2-3H2,1H3,(H,10,11). The van der Waals surface area contributed by atoms with Gasteiger partial charge in [0.1, 0.15) is 14.4 Å². The van der Waals surface area contributed by atoms with Gasteiger partial charge in [0.2, 0.25) is 10.0 Å². The van der Waals surface area contributed by atoms with Crippen molar-refractivity contribution in [1.29, 1.82) is 0 Å². The number of hydrogen-bond acceptors (Lipinski definition) is 6. The molecule has 0 saturated heterocycles. The molecule has 0 spiro atoms. The van der Waals surface area contributed by atoms with E-state index in [9.17, 15) is 16.8 Å². The summed E-state index contributed by atoms with van der Waals surface area (Å²) in [6.07, 6.45) is 3.53. The molecule has 0 atom stereocenters. The van der Waals surface area contributed by atoms with Crippen LogP contribution in [0.2, 0.25) is 0 Å². The van der Waals surface area contributed by atoms with E-state index in [1.165, 1.54) is 12.4 Å². The highest BCUT2D eigenvalue weighted by Gasteiger charge is 2.15. The minimum atomic E-state index is -3.73. The Hall–Kier alpha value is -0.740. The van der Waals surface area contributed by atoms with Crippen LogP contribution >= 0.6 is 15.9 Å². The summed E-state index contributed by atoms with van der Waals surface area (Å²) in [6.45, 7) is 0. The fourth-order valence-corrected chi connectivity index (χ4v) is 3.66. The molecule has 0 aliphatic heterocycles. The Balaban J connectivity index is 2.70. The lowest BCUT2D eigenvalue weighted by Gasteiger charge is -2.05. The molecule has 0 aliphatic rings. The molecular formula is C7H10BrN3O4S2. The number of aromatic nitrogens is 2. The van der Waals surface area contributed by atoms with Crippen molar-refractivity contribution in [3.63, 3.8) is 0 Å². The average Bonchev–Trinajstić information content (AvgIpc) is 2.18. The highest BCUT2D eigenvalue weighted by atomic mass is 79.9. The Kier molecular flexibility index (Phi) is 4.44. The summed E-state index contributed by atoms with van der Waals surface area (Å²) in [4.78, 5) is 7.54. The number of anilines is 1. The Morgan fingerprint density at radius 1 is 1.18 bits per heavy atom. The Morgan fingerprint density at radius 2 is 1.82 bits per heavy atom. The molecule has 1 N–H and O–H groups in total. The van der Waals surface area contributed by atoms with Gasteiger partial charge in [-0.1, -0.05) is 0 Å². The van der Waals surface area contributed by atoms with Gasteiger partial charge < -0.3 is 0 Å². The highest BCUT2D eigenvalue weighted by Crippen LogP contribution is 2.08. The lowest BCUT2D eigenvalue weighted by molar-refractivity contribution is 0.593. The van der Waals surface area contributed by atoms with Gasteiger partial charge in [-0.15, -0.1) is 0 Å². The average molecular weight is 344 g/mol. The SMILES string of the molecule is CS(=O)(=O)CCS(=O)(=O)Nc1cnc(Br)cn1. The van der Waals surface area contributed by atoms with Crippen LogP contribution in [0, 0.1) is 0 Å². The number of rotatable bonds is 5. The summed E-state index contributed by atoms with van der Waals surface area (Å²) >= 11 is 3.05. The van der Waals surface area contributed by atoms with Gasteiger partial charge >= 0.3 is 0 Å². The monoisotopic (exact) mass is 343 g/mol. The number of sulfone groups is 1. The maximum atomic E-state index is 11.5. The van der Waals surface area contributed by atoms with Crippen molar-refractivity contribution in [1.82, 2.24) is 9.97 Å². The number of sulfonamides is 1. The van der Waals surface area contributed by atoms with E-state index in [1.807, 2.05) is 0 Å². The van der Waals surface area contributed by atoms with Crippen LogP contribution in [0.5, 0.6) is 0 Å². The van der Waals surface area contributed by atoms with Crippen molar-refractivity contribution < 1.29 is 16.8 Å². The third-order valence-electron chi connectivity index (χ3n) is 1.60. The lowest BCUT2D eigenvalue weighted by atomic mass is 10.7. The molecule has 1 aromatic heterocycles. The van der Waals surface area contributed by atoms with Crippen LogP contribution in [-0.4, -0.2) is 44.6 Å². The molecule has 17 heavy (non-hydrogen) atoms. The van der Waals surface area contributed by atoms with Crippen LogP contribution in [0.25, 0.3) is 0 Å². The first-order valence-corrected chi connectivity index (χ1v) is 8.84. The van der Waals surface area contributed by atoms with Gasteiger partial charge in [0.15, 0.2) is 5.82 Å². The smallest absolute Gasteiger partial charge is 0.234 e. The van der Waals surface area contributed by atoms with E-state index in [1.54, 1.807) is 0 Å². The number of halogens is 1. The molecule has 0 fully saturated rings. The van der Waals surface area contributed by atoms with Gasteiger partial charge in [-0.05, 0) is 15.9 Å². The topological polar surface area (TPSA) is 106 Å². The predicted molar refractivity (Wildman–Crippen MR) is 66.9 cm³/mol. The van der Waals surface area contributed by atoms with Gasteiger partial charge in [0.05, 0.1) is 23.9 Å². The van der Waals surface area contributed by atoms with Crippen LogP contribution in [0.15, 0.2) is 17.0 Å². The molecule has 0 aromatic carbocycles. The van der Waals surface area contributed by atoms with Gasteiger partial charge in [-0.2, -0.15) is 0 Å². The van der Waals surface area contributed by atoms with E-state index in [2.05, 4.69) is 30.6 Å². The third kappa shape index (κ3) is 5.94. The second-order valence-corrected chi connectivity index (χ2v) is 8.19. The first-order chi connectivity index (χ1) is 7.68. The van der Waals surface area contributed by atoms with Crippen LogP contribution < -0.4 is 4.72 Å². The summed E-state index contributed by atoms with van der Waals surface area (Å²) < 4.78 is 47.3. The van der Waals surface area contributed by atoms with Crippen molar-refractivity contribution in [2.45, 2.75) is 0 Å². The van der Waals surface area contributed by atoms with Gasteiger partial charge in [0.25, 0.3) is 0 Å². The third-order valence-corrected chi connectivity index (χ3v) is 4.48. The maximum absolute atomic E-state index is 11.5. The van der Waals surface area contributed by atoms with Crippen molar-refractivity contribution in [3.05, 3.63) is 17.0 Å². The molecular weight excluding hydrogens is 334 g/mol. The fourth-order valence-electron chi connectivity index (χ4n) is 0.836. The van der Waals surface area contributed by atoms with E-state index in [4.69, 9.17) is 0 Å². The summed E-state index contributed by atoms with van der Waals surface area (Å²) in [5, 5.41) is 0. The normalized spacial score (nSPS) is 12.4. The van der Waals surface area contributed by atoms with Crippen LogP contribution in [0.1, 0.15) is 0 Å². The summed E-state index contributed by atoms with van der Waals surface area (Å²) in [5.41, 5.74) is 0. The minimum absolute atomic E-state index is 0.0432. The molecule has 96 valence electrons. The molecule has 0 unspecified atom stereocenters. The van der Waals surface area contributed by atoms with Crippen molar-refractivity contribution in [3.8, 4) is 0 Å². The molecule has 10 heteroatoms. The maximum Gasteiger partial charge on any atom is 0.234 e. The highest BCUT2D eigenvalue weighted by molar-refractivity contribution is 9.10. The predicted octanol–water partition coefficient (Wildman–Crippen LogP) is 0.0254. The molecule has 7 nitrogen and oxygen atoms in total. The second-order valence-electron chi connectivity index (χ2n) is 3.28. The molecule has 0 radical (unpaired) electrons. The molecule has 1 rings (SSSR count). The van der Waals surface area contributed by atoms with Crippen LogP contribution in [0.3, 0.4) is 0 Å². The van der Waals surface area contributed by atoms with E-state index in [0.29, 0.717) is 4.60 Å². The van der Waals surface area contributed by atoms with E-state index in [0.717, 1.165) is 6.26 Å². The van der Waals surface area contributed by atoms with Crippen LogP contribution in [0.4, 0.5) is 5.82 Å². The van der Waals surface area contributed by atoms with Gasteiger partial charge in [-0.3, -0.25) is 4.72 Å². The van der Waals surface area contributed by atoms with Gasteiger partial charge in [0, 0.05) is 6.26 Å². The molecule has 0 saturated carbocycles. The zero-order valence-electron chi connectivity index (χ0n) is 8.79. The second kappa shape index (κ2) is 5.27. The lowest BCUT2D eigenvalue weighted by Crippen LogP contribution is -2.22. The number of nitrogens with one attached hydrogen (secondary N) is 1. The molecule has 0 amide bonds. The van der Waals surface area contributed by atoms with E-state index in [-0.39, 0.29) is 5.82 Å². The zero-order chi connectivity index (χ0) is 13.1. The fraction of sp³-hybridized carbons (Fsp3) is 0.429. The Bertz CT molecular complexity index is 582. The summed E-state index contributed by atoms with van der Waals surface area (Å²) in [7, 11) is -7.05.